The number of rotatable bonds is 12. The van der Waals surface area contributed by atoms with Crippen LogP contribution in [-0.4, -0.2) is 49.8 Å². The molecule has 0 spiro atoms. The first-order valence-electron chi connectivity index (χ1n) is 14.4. The van der Waals surface area contributed by atoms with Crippen molar-refractivity contribution in [3.05, 3.63) is 105 Å². The molecule has 5 nitrogen and oxygen atoms in total. The van der Waals surface area contributed by atoms with Gasteiger partial charge in [-0.3, -0.25) is 4.79 Å². The summed E-state index contributed by atoms with van der Waals surface area (Å²) < 4.78 is 5.30. The van der Waals surface area contributed by atoms with Crippen LogP contribution in [0.1, 0.15) is 70.3 Å². The quantitative estimate of drug-likeness (QED) is 0.247. The van der Waals surface area contributed by atoms with Crippen LogP contribution in [0.3, 0.4) is 0 Å². The van der Waals surface area contributed by atoms with Crippen molar-refractivity contribution < 1.29 is 14.6 Å². The van der Waals surface area contributed by atoms with E-state index < -0.39 is 5.60 Å². The minimum absolute atomic E-state index is 0.0219. The SMILES string of the molecule is CNCc1ccc(C(=O)N2CCC[C@@H]([C@@](O)(CCCCOC)c3cccc(Cl)c3Cc3ccccc3C)C2)cc1. The molecule has 0 unspecified atom stereocenters. The van der Waals surface area contributed by atoms with Crippen LogP contribution in [0.4, 0.5) is 0 Å². The van der Waals surface area contributed by atoms with Gasteiger partial charge in [-0.05, 0) is 98.5 Å². The predicted molar refractivity (Wildman–Crippen MR) is 163 cm³/mol. The van der Waals surface area contributed by atoms with Crippen LogP contribution in [0.15, 0.2) is 66.7 Å². The Kier molecular flexibility index (Phi) is 10.8. The first kappa shape index (κ1) is 30.3. The number of ether oxygens (including phenoxy) is 1. The van der Waals surface area contributed by atoms with E-state index in [0.717, 1.165) is 48.9 Å². The predicted octanol–water partition coefficient (Wildman–Crippen LogP) is 6.52. The normalized spacial score (nSPS) is 17.0. The number of piperidine rings is 1. The maximum Gasteiger partial charge on any atom is 0.253 e. The zero-order valence-corrected chi connectivity index (χ0v) is 24.8. The van der Waals surface area contributed by atoms with E-state index in [0.29, 0.717) is 43.1 Å². The van der Waals surface area contributed by atoms with Crippen LogP contribution < -0.4 is 5.32 Å². The molecule has 0 bridgehead atoms. The third-order valence-corrected chi connectivity index (χ3v) is 8.69. The lowest BCUT2D eigenvalue weighted by Gasteiger charge is -2.44. The minimum Gasteiger partial charge on any atom is -0.385 e. The Morgan fingerprint density at radius 3 is 2.60 bits per heavy atom. The summed E-state index contributed by atoms with van der Waals surface area (Å²) in [6, 6.07) is 22.0. The molecule has 1 heterocycles. The molecule has 0 radical (unpaired) electrons. The van der Waals surface area contributed by atoms with Crippen LogP contribution >= 0.6 is 11.6 Å². The van der Waals surface area contributed by atoms with E-state index in [1.54, 1.807) is 7.11 Å². The molecule has 40 heavy (non-hydrogen) atoms. The summed E-state index contributed by atoms with van der Waals surface area (Å²) in [4.78, 5) is 15.5. The summed E-state index contributed by atoms with van der Waals surface area (Å²) in [7, 11) is 3.62. The van der Waals surface area contributed by atoms with Crippen molar-refractivity contribution in [1.82, 2.24) is 10.2 Å². The first-order valence-corrected chi connectivity index (χ1v) is 14.8. The van der Waals surface area contributed by atoms with Crippen molar-refractivity contribution in [2.24, 2.45) is 5.92 Å². The fraction of sp³-hybridized carbons (Fsp3) is 0.441. The fourth-order valence-electron chi connectivity index (χ4n) is 6.05. The Bertz CT molecular complexity index is 1260. The van der Waals surface area contributed by atoms with E-state index in [-0.39, 0.29) is 11.8 Å². The van der Waals surface area contributed by atoms with Crippen LogP contribution in [0.2, 0.25) is 5.02 Å². The number of halogens is 1. The number of nitrogens with zero attached hydrogens (tertiary/aromatic N) is 1. The lowest BCUT2D eigenvalue weighted by Crippen LogP contribution is -2.48. The molecule has 0 aromatic heterocycles. The molecule has 1 amide bonds. The fourth-order valence-corrected chi connectivity index (χ4v) is 6.29. The molecule has 214 valence electrons. The molecule has 0 aliphatic carbocycles. The molecule has 2 atom stereocenters. The number of unbranched alkanes of at least 4 members (excludes halogenated alkanes) is 1. The third-order valence-electron chi connectivity index (χ3n) is 8.34. The highest BCUT2D eigenvalue weighted by atomic mass is 35.5. The highest BCUT2D eigenvalue weighted by Crippen LogP contribution is 2.43. The number of aryl methyl sites for hydroxylation is 1. The number of methoxy groups -OCH3 is 1. The third kappa shape index (κ3) is 7.13. The van der Waals surface area contributed by atoms with Gasteiger partial charge in [-0.15, -0.1) is 0 Å². The van der Waals surface area contributed by atoms with E-state index >= 15 is 0 Å². The van der Waals surface area contributed by atoms with Gasteiger partial charge in [0, 0.05) is 49.9 Å². The second kappa shape index (κ2) is 14.3. The molecule has 6 heteroatoms. The molecule has 1 aliphatic heterocycles. The Hall–Kier alpha value is -2.70. The summed E-state index contributed by atoms with van der Waals surface area (Å²) in [5.74, 6) is -0.0842. The van der Waals surface area contributed by atoms with Gasteiger partial charge >= 0.3 is 0 Å². The number of amides is 1. The first-order chi connectivity index (χ1) is 19.4. The topological polar surface area (TPSA) is 61.8 Å². The number of hydrogen-bond acceptors (Lipinski definition) is 4. The number of hydrogen-bond donors (Lipinski definition) is 2. The average Bonchev–Trinajstić information content (AvgIpc) is 2.97. The highest BCUT2D eigenvalue weighted by Gasteiger charge is 2.42. The minimum atomic E-state index is -1.12. The van der Waals surface area contributed by atoms with Crippen LogP contribution in [0.25, 0.3) is 0 Å². The van der Waals surface area contributed by atoms with Crippen molar-refractivity contribution in [2.75, 3.05) is 33.9 Å². The summed E-state index contributed by atoms with van der Waals surface area (Å²) in [6.45, 7) is 4.73. The van der Waals surface area contributed by atoms with Gasteiger partial charge in [0.25, 0.3) is 5.91 Å². The maximum absolute atomic E-state index is 13.6. The van der Waals surface area contributed by atoms with Crippen molar-refractivity contribution in [1.29, 1.82) is 0 Å². The van der Waals surface area contributed by atoms with Gasteiger partial charge in [0.1, 0.15) is 0 Å². The molecule has 3 aromatic carbocycles. The number of carbonyl (C=O) groups is 1. The summed E-state index contributed by atoms with van der Waals surface area (Å²) in [5.41, 5.74) is 4.96. The lowest BCUT2D eigenvalue weighted by molar-refractivity contribution is -0.0583. The number of likely N-dealkylation sites (tertiary alicyclic amines) is 1. The highest BCUT2D eigenvalue weighted by molar-refractivity contribution is 6.31. The molecule has 4 rings (SSSR count). The van der Waals surface area contributed by atoms with Gasteiger partial charge in [0.2, 0.25) is 0 Å². The zero-order chi connectivity index (χ0) is 28.5. The van der Waals surface area contributed by atoms with Crippen LogP contribution in [-0.2, 0) is 23.3 Å². The molecule has 1 fully saturated rings. The molecule has 1 saturated heterocycles. The van der Waals surface area contributed by atoms with Crippen molar-refractivity contribution in [3.63, 3.8) is 0 Å². The number of nitrogens with one attached hydrogen (secondary N) is 1. The Morgan fingerprint density at radius 1 is 1.10 bits per heavy atom. The number of aliphatic hydroxyl groups is 1. The second-order valence-corrected chi connectivity index (χ2v) is 11.5. The van der Waals surface area contributed by atoms with Gasteiger partial charge in [0.05, 0.1) is 5.60 Å². The number of carbonyl (C=O) groups excluding carboxylic acids is 1. The summed E-state index contributed by atoms with van der Waals surface area (Å²) >= 11 is 6.85. The Labute approximate surface area is 244 Å². The molecular weight excluding hydrogens is 520 g/mol. The maximum atomic E-state index is 13.6. The largest absolute Gasteiger partial charge is 0.385 e. The smallest absolute Gasteiger partial charge is 0.253 e. The summed E-state index contributed by atoms with van der Waals surface area (Å²) in [6.07, 6.45) is 4.61. The lowest BCUT2D eigenvalue weighted by atomic mass is 9.72. The number of benzene rings is 3. The monoisotopic (exact) mass is 562 g/mol. The van der Waals surface area contributed by atoms with E-state index in [2.05, 4.69) is 24.4 Å². The zero-order valence-electron chi connectivity index (χ0n) is 24.1. The molecule has 0 saturated carbocycles. The van der Waals surface area contributed by atoms with E-state index in [9.17, 15) is 9.90 Å². The van der Waals surface area contributed by atoms with Crippen molar-refractivity contribution in [3.8, 4) is 0 Å². The van der Waals surface area contributed by atoms with Gasteiger partial charge < -0.3 is 20.1 Å². The average molecular weight is 563 g/mol. The van der Waals surface area contributed by atoms with Gasteiger partial charge in [-0.2, -0.15) is 0 Å². The second-order valence-electron chi connectivity index (χ2n) is 11.1. The Balaban J connectivity index is 1.65. The molecular formula is C34H43ClN2O3. The van der Waals surface area contributed by atoms with Crippen LogP contribution in [0.5, 0.6) is 0 Å². The Morgan fingerprint density at radius 2 is 1.88 bits per heavy atom. The van der Waals surface area contributed by atoms with Crippen LogP contribution in [0, 0.1) is 12.8 Å². The van der Waals surface area contributed by atoms with Crippen molar-refractivity contribution in [2.45, 2.75) is 57.6 Å². The van der Waals surface area contributed by atoms with E-state index in [1.807, 2.05) is 66.5 Å². The van der Waals surface area contributed by atoms with Crippen molar-refractivity contribution >= 4 is 17.5 Å². The molecule has 1 aliphatic rings. The molecule has 2 N–H and O–H groups in total. The summed E-state index contributed by atoms with van der Waals surface area (Å²) in [5, 5.41) is 16.5. The van der Waals surface area contributed by atoms with Gasteiger partial charge in [0.15, 0.2) is 0 Å². The van der Waals surface area contributed by atoms with Gasteiger partial charge in [-0.25, -0.2) is 0 Å². The van der Waals surface area contributed by atoms with E-state index in [1.165, 1.54) is 11.1 Å². The molecule has 3 aromatic rings. The van der Waals surface area contributed by atoms with E-state index in [4.69, 9.17) is 16.3 Å². The van der Waals surface area contributed by atoms with Gasteiger partial charge in [-0.1, -0.05) is 60.1 Å². The standard InChI is InChI=1S/C34H43ClN2O3/c1-25-10-4-5-11-28(25)22-30-31(13-8-14-32(30)35)34(39,19-6-7-21-40-3)29-12-9-20-37(24-29)33(38)27-17-15-26(16-18-27)23-36-2/h4-5,8,10-11,13-18,29,36,39H,6-7,9,12,19-24H2,1-3H3/t29-,34+/m1/s1.